The Balaban J connectivity index is 1.92. The molecule has 2 aromatic heterocycles. The molecule has 2 N–H and O–H groups in total. The third kappa shape index (κ3) is 3.02. The lowest BCUT2D eigenvalue weighted by Crippen LogP contribution is -2.18. The van der Waals surface area contributed by atoms with E-state index in [4.69, 9.17) is 0 Å². The van der Waals surface area contributed by atoms with Gasteiger partial charge in [-0.05, 0) is 43.8 Å². The van der Waals surface area contributed by atoms with Crippen molar-refractivity contribution >= 4 is 21.1 Å². The van der Waals surface area contributed by atoms with Crippen LogP contribution in [-0.2, 0) is 10.0 Å². The zero-order valence-electron chi connectivity index (χ0n) is 15.3. The number of benzene rings is 2. The van der Waals surface area contributed by atoms with E-state index in [1.54, 1.807) is 16.7 Å². The quantitative estimate of drug-likeness (QED) is 0.556. The molecule has 142 valence electrons. The molecule has 7 nitrogen and oxygen atoms in total. The van der Waals surface area contributed by atoms with E-state index in [9.17, 15) is 13.2 Å². The molecule has 2 aromatic carbocycles. The van der Waals surface area contributed by atoms with E-state index < -0.39 is 10.0 Å². The van der Waals surface area contributed by atoms with Crippen LogP contribution in [0.15, 0.2) is 70.7 Å². The van der Waals surface area contributed by atoms with Crippen LogP contribution in [0.1, 0.15) is 5.56 Å². The molecule has 0 amide bonds. The summed E-state index contributed by atoms with van der Waals surface area (Å²) in [5, 5.41) is 0.485. The fourth-order valence-corrected chi connectivity index (χ4v) is 3.85. The summed E-state index contributed by atoms with van der Waals surface area (Å²) in [6, 6.07) is 14.3. The van der Waals surface area contributed by atoms with E-state index in [0.717, 1.165) is 16.7 Å². The zero-order chi connectivity index (χ0) is 19.9. The molecule has 28 heavy (non-hydrogen) atoms. The number of fused-ring (bicyclic) bond motifs is 1. The number of hydrogen-bond donors (Lipinski definition) is 2. The van der Waals surface area contributed by atoms with E-state index in [1.165, 1.54) is 25.5 Å². The predicted octanol–water partition coefficient (Wildman–Crippen LogP) is 2.60. The third-order valence-corrected chi connectivity index (χ3v) is 6.08. The number of nitrogens with zero attached hydrogens (tertiary/aromatic N) is 2. The summed E-state index contributed by atoms with van der Waals surface area (Å²) >= 11 is 0. The van der Waals surface area contributed by atoms with Crippen LogP contribution in [0.2, 0.25) is 0 Å². The maximum atomic E-state index is 12.5. The lowest BCUT2D eigenvalue weighted by Gasteiger charge is -2.06. The van der Waals surface area contributed by atoms with Gasteiger partial charge in [-0.3, -0.25) is 4.79 Å². The molecule has 0 fully saturated rings. The standard InChI is InChI=1S/C20H18N4O3S/c1-13-3-5-14(6-4-13)17-11-24(19-18(17)20(25)23-12-22-19)15-7-9-16(10-8-15)28(26,27)21-2/h3-12,21H,1-2H3,(H,22,23,25). The average molecular weight is 394 g/mol. The molecule has 0 radical (unpaired) electrons. The van der Waals surface area contributed by atoms with Crippen LogP contribution in [0, 0.1) is 6.92 Å². The number of rotatable bonds is 4. The highest BCUT2D eigenvalue weighted by atomic mass is 32.2. The van der Waals surface area contributed by atoms with Crippen LogP contribution >= 0.6 is 0 Å². The molecule has 0 spiro atoms. The van der Waals surface area contributed by atoms with Crippen LogP contribution < -0.4 is 10.3 Å². The Kier molecular flexibility index (Phi) is 4.37. The SMILES string of the molecule is CNS(=O)(=O)c1ccc(-n2cc(-c3ccc(C)cc3)c3c(=O)[nH]cnc32)cc1. The van der Waals surface area contributed by atoms with Gasteiger partial charge in [-0.1, -0.05) is 29.8 Å². The van der Waals surface area contributed by atoms with Crippen molar-refractivity contribution in [1.29, 1.82) is 0 Å². The minimum atomic E-state index is -3.52. The molecule has 2 heterocycles. The molecule has 4 aromatic rings. The molecule has 0 atom stereocenters. The van der Waals surface area contributed by atoms with Crippen molar-refractivity contribution in [3.63, 3.8) is 0 Å². The monoisotopic (exact) mass is 394 g/mol. The molecule has 0 aliphatic rings. The normalized spacial score (nSPS) is 11.8. The second-order valence-electron chi connectivity index (χ2n) is 6.41. The number of aryl methyl sites for hydroxylation is 1. The molecule has 0 saturated heterocycles. The number of aromatic nitrogens is 3. The molecular weight excluding hydrogens is 376 g/mol. The molecule has 4 rings (SSSR count). The Morgan fingerprint density at radius 3 is 2.36 bits per heavy atom. The molecule has 0 aliphatic carbocycles. The first-order valence-electron chi connectivity index (χ1n) is 8.60. The Morgan fingerprint density at radius 1 is 1.04 bits per heavy atom. The Morgan fingerprint density at radius 2 is 1.71 bits per heavy atom. The zero-order valence-corrected chi connectivity index (χ0v) is 16.1. The Bertz CT molecular complexity index is 1320. The van der Waals surface area contributed by atoms with Gasteiger partial charge in [0.15, 0.2) is 5.65 Å². The third-order valence-electron chi connectivity index (χ3n) is 4.65. The van der Waals surface area contributed by atoms with Crippen molar-refractivity contribution < 1.29 is 8.42 Å². The van der Waals surface area contributed by atoms with E-state index in [0.29, 0.717) is 16.7 Å². The number of sulfonamides is 1. The fourth-order valence-electron chi connectivity index (χ4n) is 3.12. The van der Waals surface area contributed by atoms with Crippen molar-refractivity contribution in [2.24, 2.45) is 0 Å². The van der Waals surface area contributed by atoms with Crippen LogP contribution in [-0.4, -0.2) is 30.0 Å². The van der Waals surface area contributed by atoms with Crippen molar-refractivity contribution in [2.75, 3.05) is 7.05 Å². The summed E-state index contributed by atoms with van der Waals surface area (Å²) in [6.45, 7) is 2.00. The average Bonchev–Trinajstić information content (AvgIpc) is 3.10. The number of hydrogen-bond acceptors (Lipinski definition) is 4. The van der Waals surface area contributed by atoms with Crippen LogP contribution in [0.3, 0.4) is 0 Å². The Hall–Kier alpha value is -3.23. The molecular formula is C20H18N4O3S. The summed E-state index contributed by atoms with van der Waals surface area (Å²) in [6.07, 6.45) is 3.21. The van der Waals surface area contributed by atoms with Gasteiger partial charge in [-0.25, -0.2) is 18.1 Å². The smallest absolute Gasteiger partial charge is 0.260 e. The van der Waals surface area contributed by atoms with Crippen molar-refractivity contribution in [3.05, 3.63) is 77.0 Å². The van der Waals surface area contributed by atoms with Gasteiger partial charge in [0.2, 0.25) is 10.0 Å². The maximum Gasteiger partial charge on any atom is 0.260 e. The van der Waals surface area contributed by atoms with Gasteiger partial charge >= 0.3 is 0 Å². The van der Waals surface area contributed by atoms with Crippen LogP contribution in [0.25, 0.3) is 27.8 Å². The highest BCUT2D eigenvalue weighted by Crippen LogP contribution is 2.29. The highest BCUT2D eigenvalue weighted by Gasteiger charge is 2.17. The Labute approximate surface area is 161 Å². The van der Waals surface area contributed by atoms with E-state index >= 15 is 0 Å². The molecule has 0 unspecified atom stereocenters. The van der Waals surface area contributed by atoms with Crippen molar-refractivity contribution in [3.8, 4) is 16.8 Å². The molecule has 0 saturated carbocycles. The molecule has 0 bridgehead atoms. The topological polar surface area (TPSA) is 96.9 Å². The van der Waals surface area contributed by atoms with Gasteiger partial charge in [0.05, 0.1) is 16.6 Å². The minimum absolute atomic E-state index is 0.166. The first-order chi connectivity index (χ1) is 13.4. The van der Waals surface area contributed by atoms with Gasteiger partial charge in [0.1, 0.15) is 0 Å². The summed E-state index contributed by atoms with van der Waals surface area (Å²) in [5.41, 5.74) is 3.77. The number of aromatic amines is 1. The van der Waals surface area contributed by atoms with Gasteiger partial charge in [0.25, 0.3) is 5.56 Å². The summed E-state index contributed by atoms with van der Waals surface area (Å²) in [5.74, 6) is 0. The lowest BCUT2D eigenvalue weighted by molar-refractivity contribution is 0.588. The van der Waals surface area contributed by atoms with Crippen molar-refractivity contribution in [1.82, 2.24) is 19.3 Å². The minimum Gasteiger partial charge on any atom is -0.312 e. The van der Waals surface area contributed by atoms with Gasteiger partial charge in [-0.15, -0.1) is 0 Å². The fraction of sp³-hybridized carbons (Fsp3) is 0.100. The highest BCUT2D eigenvalue weighted by molar-refractivity contribution is 7.89. The van der Waals surface area contributed by atoms with Crippen LogP contribution in [0.4, 0.5) is 0 Å². The lowest BCUT2D eigenvalue weighted by atomic mass is 10.1. The largest absolute Gasteiger partial charge is 0.312 e. The number of nitrogens with one attached hydrogen (secondary N) is 2. The maximum absolute atomic E-state index is 12.5. The second kappa shape index (κ2) is 6.74. The van der Waals surface area contributed by atoms with Gasteiger partial charge < -0.3 is 9.55 Å². The van der Waals surface area contributed by atoms with E-state index in [2.05, 4.69) is 14.7 Å². The van der Waals surface area contributed by atoms with Gasteiger partial charge in [-0.2, -0.15) is 0 Å². The number of H-pyrrole nitrogens is 1. The van der Waals surface area contributed by atoms with E-state index in [-0.39, 0.29) is 10.5 Å². The van der Waals surface area contributed by atoms with Crippen molar-refractivity contribution in [2.45, 2.75) is 11.8 Å². The molecule has 0 aliphatic heterocycles. The summed E-state index contributed by atoms with van der Waals surface area (Å²) in [7, 11) is -2.15. The first kappa shape index (κ1) is 18.1. The summed E-state index contributed by atoms with van der Waals surface area (Å²) in [4.78, 5) is 19.7. The van der Waals surface area contributed by atoms with E-state index in [1.807, 2.05) is 37.4 Å². The molecule has 8 heteroatoms. The summed E-state index contributed by atoms with van der Waals surface area (Å²) < 4.78 is 28.0. The first-order valence-corrected chi connectivity index (χ1v) is 10.1. The second-order valence-corrected chi connectivity index (χ2v) is 8.30. The van der Waals surface area contributed by atoms with Crippen LogP contribution in [0.5, 0.6) is 0 Å². The van der Waals surface area contributed by atoms with Gasteiger partial charge in [0, 0.05) is 17.4 Å². The predicted molar refractivity (Wildman–Crippen MR) is 108 cm³/mol.